The summed E-state index contributed by atoms with van der Waals surface area (Å²) in [6.07, 6.45) is 2.11. The van der Waals surface area contributed by atoms with Gasteiger partial charge in [0.15, 0.2) is 0 Å². The van der Waals surface area contributed by atoms with E-state index in [-0.39, 0.29) is 0 Å². The summed E-state index contributed by atoms with van der Waals surface area (Å²) in [5.41, 5.74) is 5.26. The summed E-state index contributed by atoms with van der Waals surface area (Å²) in [5, 5.41) is 4.37. The van der Waals surface area contributed by atoms with Crippen LogP contribution in [0.2, 0.25) is 5.02 Å². The topological polar surface area (TPSA) is 12.0 Å². The van der Waals surface area contributed by atoms with E-state index in [9.17, 15) is 0 Å². The molecular formula is C16H16ClN. The van der Waals surface area contributed by atoms with Gasteiger partial charge in [0.05, 0.1) is 6.04 Å². The number of benzene rings is 2. The second-order valence-electron chi connectivity index (χ2n) is 4.80. The SMILES string of the molecule is CCc1ccc(C2Cc3cc(Cl)ccc3N2)cc1. The van der Waals surface area contributed by atoms with Crippen molar-refractivity contribution in [2.24, 2.45) is 0 Å². The molecule has 1 unspecified atom stereocenters. The van der Waals surface area contributed by atoms with E-state index >= 15 is 0 Å². The zero-order chi connectivity index (χ0) is 12.5. The monoisotopic (exact) mass is 257 g/mol. The molecule has 0 saturated carbocycles. The molecule has 3 rings (SSSR count). The summed E-state index contributed by atoms with van der Waals surface area (Å²) < 4.78 is 0. The first-order chi connectivity index (χ1) is 8.76. The Labute approximate surface area is 113 Å². The average molecular weight is 258 g/mol. The molecule has 2 aromatic rings. The number of halogens is 1. The smallest absolute Gasteiger partial charge is 0.0555 e. The molecule has 1 nitrogen and oxygen atoms in total. The van der Waals surface area contributed by atoms with E-state index in [0.29, 0.717) is 6.04 Å². The van der Waals surface area contributed by atoms with Gasteiger partial charge in [0.25, 0.3) is 0 Å². The Morgan fingerprint density at radius 3 is 2.67 bits per heavy atom. The van der Waals surface area contributed by atoms with E-state index in [0.717, 1.165) is 17.9 Å². The van der Waals surface area contributed by atoms with Crippen LogP contribution in [0.15, 0.2) is 42.5 Å². The van der Waals surface area contributed by atoms with Gasteiger partial charge < -0.3 is 5.32 Å². The molecule has 0 radical (unpaired) electrons. The summed E-state index contributed by atoms with van der Waals surface area (Å²) in [7, 11) is 0. The van der Waals surface area contributed by atoms with Gasteiger partial charge in [0, 0.05) is 10.7 Å². The molecular weight excluding hydrogens is 242 g/mol. The molecule has 0 aromatic heterocycles. The lowest BCUT2D eigenvalue weighted by Crippen LogP contribution is -2.05. The Balaban J connectivity index is 1.84. The molecule has 1 N–H and O–H groups in total. The van der Waals surface area contributed by atoms with Gasteiger partial charge in [-0.15, -0.1) is 0 Å². The fourth-order valence-corrected chi connectivity index (χ4v) is 2.71. The van der Waals surface area contributed by atoms with Crippen LogP contribution in [-0.2, 0) is 12.8 Å². The highest BCUT2D eigenvalue weighted by Gasteiger charge is 2.21. The number of nitrogens with one attached hydrogen (secondary N) is 1. The van der Waals surface area contributed by atoms with Crippen LogP contribution < -0.4 is 5.32 Å². The first-order valence-corrected chi connectivity index (χ1v) is 6.78. The lowest BCUT2D eigenvalue weighted by atomic mass is 10.0. The molecule has 18 heavy (non-hydrogen) atoms. The van der Waals surface area contributed by atoms with Crippen LogP contribution in [0.3, 0.4) is 0 Å². The Morgan fingerprint density at radius 2 is 1.94 bits per heavy atom. The van der Waals surface area contributed by atoms with E-state index in [4.69, 9.17) is 11.6 Å². The Morgan fingerprint density at radius 1 is 1.17 bits per heavy atom. The number of rotatable bonds is 2. The molecule has 0 saturated heterocycles. The van der Waals surface area contributed by atoms with Gasteiger partial charge in [-0.1, -0.05) is 42.8 Å². The Bertz CT molecular complexity index is 560. The molecule has 1 aliphatic heterocycles. The largest absolute Gasteiger partial charge is 0.378 e. The van der Waals surface area contributed by atoms with Crippen LogP contribution in [0.25, 0.3) is 0 Å². The van der Waals surface area contributed by atoms with Gasteiger partial charge in [0.2, 0.25) is 0 Å². The van der Waals surface area contributed by atoms with Crippen LogP contribution in [-0.4, -0.2) is 0 Å². The van der Waals surface area contributed by atoms with Gasteiger partial charge in [-0.2, -0.15) is 0 Å². The summed E-state index contributed by atoms with van der Waals surface area (Å²) in [4.78, 5) is 0. The lowest BCUT2D eigenvalue weighted by molar-refractivity contribution is 0.823. The van der Waals surface area contributed by atoms with Gasteiger partial charge >= 0.3 is 0 Å². The molecule has 0 fully saturated rings. The summed E-state index contributed by atoms with van der Waals surface area (Å²) >= 11 is 6.03. The van der Waals surface area contributed by atoms with Crippen molar-refractivity contribution in [3.63, 3.8) is 0 Å². The first kappa shape index (κ1) is 11.6. The van der Waals surface area contributed by atoms with E-state index in [1.54, 1.807) is 0 Å². The van der Waals surface area contributed by atoms with Crippen molar-refractivity contribution >= 4 is 17.3 Å². The highest BCUT2D eigenvalue weighted by Crippen LogP contribution is 2.35. The van der Waals surface area contributed by atoms with Crippen LogP contribution in [0.1, 0.15) is 29.7 Å². The van der Waals surface area contributed by atoms with Gasteiger partial charge in [-0.25, -0.2) is 0 Å². The fourth-order valence-electron chi connectivity index (χ4n) is 2.52. The highest BCUT2D eigenvalue weighted by atomic mass is 35.5. The van der Waals surface area contributed by atoms with E-state index in [1.807, 2.05) is 6.07 Å². The van der Waals surface area contributed by atoms with Crippen molar-refractivity contribution in [2.75, 3.05) is 5.32 Å². The number of aryl methyl sites for hydroxylation is 1. The summed E-state index contributed by atoms with van der Waals surface area (Å²) in [6, 6.07) is 15.3. The second-order valence-corrected chi connectivity index (χ2v) is 5.23. The summed E-state index contributed by atoms with van der Waals surface area (Å²) in [5.74, 6) is 0. The lowest BCUT2D eigenvalue weighted by Gasteiger charge is -2.12. The van der Waals surface area contributed by atoms with Crippen molar-refractivity contribution < 1.29 is 0 Å². The highest BCUT2D eigenvalue weighted by molar-refractivity contribution is 6.30. The van der Waals surface area contributed by atoms with Crippen molar-refractivity contribution in [2.45, 2.75) is 25.8 Å². The third-order valence-corrected chi connectivity index (χ3v) is 3.85. The number of anilines is 1. The standard InChI is InChI=1S/C16H16ClN/c1-2-11-3-5-12(6-4-11)16-10-13-9-14(17)7-8-15(13)18-16/h3-9,16,18H,2,10H2,1H3. The quantitative estimate of drug-likeness (QED) is 0.828. The maximum absolute atomic E-state index is 6.03. The van der Waals surface area contributed by atoms with Crippen LogP contribution in [0.4, 0.5) is 5.69 Å². The van der Waals surface area contributed by atoms with Crippen LogP contribution in [0.5, 0.6) is 0 Å². The second kappa shape index (κ2) is 4.66. The van der Waals surface area contributed by atoms with E-state index in [1.165, 1.54) is 22.4 Å². The fraction of sp³-hybridized carbons (Fsp3) is 0.250. The average Bonchev–Trinajstić information content (AvgIpc) is 2.81. The summed E-state index contributed by atoms with van der Waals surface area (Å²) in [6.45, 7) is 2.18. The molecule has 0 amide bonds. The molecule has 0 aliphatic carbocycles. The van der Waals surface area contributed by atoms with Crippen molar-refractivity contribution in [1.82, 2.24) is 0 Å². The Kier molecular flexibility index (Phi) is 3.00. The minimum Gasteiger partial charge on any atom is -0.378 e. The zero-order valence-corrected chi connectivity index (χ0v) is 11.2. The predicted octanol–water partition coefficient (Wildman–Crippen LogP) is 4.61. The normalized spacial score (nSPS) is 17.3. The van der Waals surface area contributed by atoms with Gasteiger partial charge in [0.1, 0.15) is 0 Å². The molecule has 92 valence electrons. The van der Waals surface area contributed by atoms with Crippen LogP contribution in [0, 0.1) is 0 Å². The van der Waals surface area contributed by atoms with Crippen LogP contribution >= 0.6 is 11.6 Å². The number of fused-ring (bicyclic) bond motifs is 1. The third-order valence-electron chi connectivity index (χ3n) is 3.61. The van der Waals surface area contributed by atoms with E-state index in [2.05, 4.69) is 48.6 Å². The van der Waals surface area contributed by atoms with Gasteiger partial charge in [-0.05, 0) is 47.7 Å². The predicted molar refractivity (Wildman–Crippen MR) is 77.3 cm³/mol. The molecule has 1 atom stereocenters. The minimum atomic E-state index is 0.379. The van der Waals surface area contributed by atoms with Crippen molar-refractivity contribution in [3.05, 3.63) is 64.2 Å². The maximum atomic E-state index is 6.03. The third kappa shape index (κ3) is 2.11. The van der Waals surface area contributed by atoms with E-state index < -0.39 is 0 Å². The Hall–Kier alpha value is -1.47. The minimum absolute atomic E-state index is 0.379. The molecule has 0 bridgehead atoms. The van der Waals surface area contributed by atoms with Gasteiger partial charge in [-0.3, -0.25) is 0 Å². The zero-order valence-electron chi connectivity index (χ0n) is 10.4. The molecule has 0 spiro atoms. The van der Waals surface area contributed by atoms with Crippen molar-refractivity contribution in [3.8, 4) is 0 Å². The molecule has 1 aliphatic rings. The number of hydrogen-bond acceptors (Lipinski definition) is 1. The molecule has 2 heteroatoms. The molecule has 1 heterocycles. The maximum Gasteiger partial charge on any atom is 0.0555 e. The van der Waals surface area contributed by atoms with Crippen molar-refractivity contribution in [1.29, 1.82) is 0 Å². The first-order valence-electron chi connectivity index (χ1n) is 6.40. The number of hydrogen-bond donors (Lipinski definition) is 1. The molecule has 2 aromatic carbocycles.